The Hall–Kier alpha value is -1.16. The van der Waals surface area contributed by atoms with E-state index in [-0.39, 0.29) is 0 Å². The number of anilines is 1. The Morgan fingerprint density at radius 1 is 1.09 bits per heavy atom. The molecule has 0 spiro atoms. The highest BCUT2D eigenvalue weighted by atomic mass is 19.2. The molecule has 1 saturated heterocycles. The fourth-order valence-corrected chi connectivity index (χ4v) is 4.12. The first-order valence-corrected chi connectivity index (χ1v) is 9.05. The summed E-state index contributed by atoms with van der Waals surface area (Å²) in [4.78, 5) is 2.19. The van der Waals surface area contributed by atoms with Gasteiger partial charge in [-0.15, -0.1) is 0 Å². The van der Waals surface area contributed by atoms with E-state index in [4.69, 9.17) is 0 Å². The lowest BCUT2D eigenvalue weighted by molar-refractivity contribution is 0.295. The zero-order chi connectivity index (χ0) is 16.2. The van der Waals surface area contributed by atoms with Crippen molar-refractivity contribution in [1.29, 1.82) is 0 Å². The first-order chi connectivity index (χ1) is 11.1. The minimum atomic E-state index is -0.772. The molecule has 3 rings (SSSR count). The molecule has 23 heavy (non-hydrogen) atoms. The summed E-state index contributed by atoms with van der Waals surface area (Å²) in [5.74, 6) is -0.156. The van der Waals surface area contributed by atoms with E-state index in [1.54, 1.807) is 6.07 Å². The van der Waals surface area contributed by atoms with E-state index in [1.807, 2.05) is 0 Å². The SMILES string of the molecule is CC1CC(NCC2CCCCC2)CN(c2ccc(F)c(F)c2)C1. The summed E-state index contributed by atoms with van der Waals surface area (Å²) >= 11 is 0. The van der Waals surface area contributed by atoms with E-state index >= 15 is 0 Å². The van der Waals surface area contributed by atoms with Crippen molar-refractivity contribution in [3.8, 4) is 0 Å². The third kappa shape index (κ3) is 4.43. The van der Waals surface area contributed by atoms with Crippen molar-refractivity contribution < 1.29 is 8.78 Å². The van der Waals surface area contributed by atoms with Gasteiger partial charge < -0.3 is 10.2 Å². The molecule has 0 aromatic heterocycles. The Bertz CT molecular complexity index is 514. The molecule has 1 aromatic rings. The fraction of sp³-hybridized carbons (Fsp3) is 0.684. The summed E-state index contributed by atoms with van der Waals surface area (Å²) in [6, 6.07) is 4.68. The standard InChI is InChI=1S/C19H28F2N2/c1-14-9-16(22-11-15-5-3-2-4-6-15)13-23(12-14)17-7-8-18(20)19(21)10-17/h7-8,10,14-16,22H,2-6,9,11-13H2,1H3. The number of halogens is 2. The van der Waals surface area contributed by atoms with Crippen LogP contribution in [0, 0.1) is 23.5 Å². The first kappa shape index (κ1) is 16.7. The quantitative estimate of drug-likeness (QED) is 0.886. The zero-order valence-electron chi connectivity index (χ0n) is 14.0. The van der Waals surface area contributed by atoms with Gasteiger partial charge in [-0.1, -0.05) is 26.2 Å². The van der Waals surface area contributed by atoms with Crippen LogP contribution in [0.25, 0.3) is 0 Å². The van der Waals surface area contributed by atoms with E-state index in [9.17, 15) is 8.78 Å². The van der Waals surface area contributed by atoms with Crippen molar-refractivity contribution >= 4 is 5.69 Å². The van der Waals surface area contributed by atoms with Crippen LogP contribution in [0.2, 0.25) is 0 Å². The van der Waals surface area contributed by atoms with Crippen LogP contribution < -0.4 is 10.2 Å². The predicted octanol–water partition coefficient (Wildman–Crippen LogP) is 4.35. The molecule has 0 bridgehead atoms. The lowest BCUT2D eigenvalue weighted by atomic mass is 9.88. The van der Waals surface area contributed by atoms with E-state index in [0.717, 1.165) is 37.7 Å². The highest BCUT2D eigenvalue weighted by molar-refractivity contribution is 5.47. The van der Waals surface area contributed by atoms with Gasteiger partial charge in [-0.3, -0.25) is 0 Å². The van der Waals surface area contributed by atoms with E-state index in [1.165, 1.54) is 44.2 Å². The van der Waals surface area contributed by atoms with Gasteiger partial charge >= 0.3 is 0 Å². The zero-order valence-corrected chi connectivity index (χ0v) is 14.0. The minimum absolute atomic E-state index is 0.439. The molecular formula is C19H28F2N2. The van der Waals surface area contributed by atoms with Crippen LogP contribution in [0.5, 0.6) is 0 Å². The molecule has 2 fully saturated rings. The molecule has 2 unspecified atom stereocenters. The minimum Gasteiger partial charge on any atom is -0.370 e. The van der Waals surface area contributed by atoms with Crippen molar-refractivity contribution in [2.24, 2.45) is 11.8 Å². The molecule has 1 heterocycles. The molecule has 1 N–H and O–H groups in total. The van der Waals surface area contributed by atoms with Crippen LogP contribution in [0.1, 0.15) is 45.4 Å². The lowest BCUT2D eigenvalue weighted by Gasteiger charge is -2.39. The van der Waals surface area contributed by atoms with Crippen LogP contribution in [0.3, 0.4) is 0 Å². The molecule has 0 amide bonds. The van der Waals surface area contributed by atoms with Gasteiger partial charge in [0.2, 0.25) is 0 Å². The molecule has 0 radical (unpaired) electrons. The van der Waals surface area contributed by atoms with Gasteiger partial charge in [0.05, 0.1) is 0 Å². The molecule has 4 heteroatoms. The molecule has 2 nitrogen and oxygen atoms in total. The van der Waals surface area contributed by atoms with Crippen LogP contribution in [-0.4, -0.2) is 25.7 Å². The normalized spacial score (nSPS) is 26.5. The summed E-state index contributed by atoms with van der Waals surface area (Å²) in [7, 11) is 0. The second kappa shape index (κ2) is 7.61. The Morgan fingerprint density at radius 2 is 1.87 bits per heavy atom. The Balaban J connectivity index is 1.58. The third-order valence-electron chi connectivity index (χ3n) is 5.35. The molecule has 1 saturated carbocycles. The Labute approximate surface area is 138 Å². The molecule has 1 aliphatic carbocycles. The number of piperidine rings is 1. The second-order valence-corrected chi connectivity index (χ2v) is 7.45. The van der Waals surface area contributed by atoms with Crippen molar-refractivity contribution in [2.75, 3.05) is 24.5 Å². The number of hydrogen-bond acceptors (Lipinski definition) is 2. The largest absolute Gasteiger partial charge is 0.370 e. The topological polar surface area (TPSA) is 15.3 Å². The number of hydrogen-bond donors (Lipinski definition) is 1. The van der Waals surface area contributed by atoms with Gasteiger partial charge in [0.25, 0.3) is 0 Å². The smallest absolute Gasteiger partial charge is 0.160 e. The second-order valence-electron chi connectivity index (χ2n) is 7.45. The van der Waals surface area contributed by atoms with Gasteiger partial charge in [0.15, 0.2) is 11.6 Å². The van der Waals surface area contributed by atoms with E-state index in [2.05, 4.69) is 17.1 Å². The van der Waals surface area contributed by atoms with Gasteiger partial charge in [-0.2, -0.15) is 0 Å². The fourth-order valence-electron chi connectivity index (χ4n) is 4.12. The first-order valence-electron chi connectivity index (χ1n) is 9.05. The summed E-state index contributed by atoms with van der Waals surface area (Å²) in [6.07, 6.45) is 7.99. The molecule has 2 aliphatic rings. The van der Waals surface area contributed by atoms with E-state index < -0.39 is 11.6 Å². The van der Waals surface area contributed by atoms with E-state index in [0.29, 0.717) is 12.0 Å². The van der Waals surface area contributed by atoms with Crippen molar-refractivity contribution in [3.63, 3.8) is 0 Å². The lowest BCUT2D eigenvalue weighted by Crippen LogP contribution is -2.50. The van der Waals surface area contributed by atoms with Gasteiger partial charge in [0, 0.05) is 30.9 Å². The molecule has 2 atom stereocenters. The number of nitrogens with zero attached hydrogens (tertiary/aromatic N) is 1. The number of nitrogens with one attached hydrogen (secondary N) is 1. The molecular weight excluding hydrogens is 294 g/mol. The van der Waals surface area contributed by atoms with Crippen LogP contribution >= 0.6 is 0 Å². The molecule has 128 valence electrons. The maximum Gasteiger partial charge on any atom is 0.160 e. The maximum atomic E-state index is 13.5. The van der Waals surface area contributed by atoms with Gasteiger partial charge in [-0.25, -0.2) is 8.78 Å². The van der Waals surface area contributed by atoms with Crippen molar-refractivity contribution in [3.05, 3.63) is 29.8 Å². The molecule has 1 aliphatic heterocycles. The average Bonchev–Trinajstić information content (AvgIpc) is 2.56. The van der Waals surface area contributed by atoms with Crippen molar-refractivity contribution in [2.45, 2.75) is 51.5 Å². The summed E-state index contributed by atoms with van der Waals surface area (Å²) in [6.45, 7) is 5.12. The number of rotatable bonds is 4. The van der Waals surface area contributed by atoms with Crippen LogP contribution in [0.4, 0.5) is 14.5 Å². The third-order valence-corrected chi connectivity index (χ3v) is 5.35. The highest BCUT2D eigenvalue weighted by Crippen LogP contribution is 2.26. The van der Waals surface area contributed by atoms with Crippen LogP contribution in [0.15, 0.2) is 18.2 Å². The summed E-state index contributed by atoms with van der Waals surface area (Å²) in [5, 5.41) is 3.74. The maximum absolute atomic E-state index is 13.5. The summed E-state index contributed by atoms with van der Waals surface area (Å²) < 4.78 is 26.6. The number of benzene rings is 1. The Morgan fingerprint density at radius 3 is 2.61 bits per heavy atom. The van der Waals surface area contributed by atoms with Crippen LogP contribution in [-0.2, 0) is 0 Å². The monoisotopic (exact) mass is 322 g/mol. The summed E-state index contributed by atoms with van der Waals surface area (Å²) in [5.41, 5.74) is 0.792. The average molecular weight is 322 g/mol. The van der Waals surface area contributed by atoms with Gasteiger partial charge in [0.1, 0.15) is 0 Å². The highest BCUT2D eigenvalue weighted by Gasteiger charge is 2.26. The van der Waals surface area contributed by atoms with Crippen molar-refractivity contribution in [1.82, 2.24) is 5.32 Å². The Kier molecular flexibility index (Phi) is 5.52. The predicted molar refractivity (Wildman–Crippen MR) is 90.7 cm³/mol. The molecule has 1 aromatic carbocycles. The van der Waals surface area contributed by atoms with Gasteiger partial charge in [-0.05, 0) is 49.8 Å².